The molecule has 0 bridgehead atoms. The molecule has 0 fully saturated rings. The van der Waals surface area contributed by atoms with Crippen LogP contribution in [0.1, 0.15) is 38.3 Å². The topological polar surface area (TPSA) is 64.6 Å². The Morgan fingerprint density at radius 1 is 1.25 bits per heavy atom. The lowest BCUT2D eigenvalue weighted by molar-refractivity contribution is -0.143. The largest absolute Gasteiger partial charge is 0.467 e. The molecule has 0 spiro atoms. The number of nitrogens with one attached hydrogen (secondary N) is 1. The minimum Gasteiger partial charge on any atom is -0.467 e. The monoisotopic (exact) mass is 407 g/mol. The van der Waals surface area contributed by atoms with Gasteiger partial charge in [-0.3, -0.25) is 0 Å². The molecule has 0 aliphatic rings. The lowest BCUT2D eigenvalue weighted by atomic mass is 10.0. The summed E-state index contributed by atoms with van der Waals surface area (Å²) in [6.45, 7) is 5.05. The van der Waals surface area contributed by atoms with Crippen molar-refractivity contribution in [1.82, 2.24) is 5.32 Å². The zero-order valence-corrected chi connectivity index (χ0v) is 15.4. The Hall–Kier alpha value is -1.70. The molecule has 0 saturated carbocycles. The quantitative estimate of drug-likeness (QED) is 0.749. The molecule has 0 heterocycles. The molecule has 1 N–H and O–H groups in total. The van der Waals surface area contributed by atoms with E-state index >= 15 is 0 Å². The van der Waals surface area contributed by atoms with E-state index in [-0.39, 0.29) is 12.0 Å². The standard InChI is InChI=1S/C16H20BrF2NO4/c1-16(2,3)24-15(22)20-12(14(21)23-4)7-9-5-10(13(18)19)8-11(17)6-9/h5-6,8,12-13H,7H2,1-4H3,(H,20,22)/t12-/m0/s1. The summed E-state index contributed by atoms with van der Waals surface area (Å²) in [5.74, 6) is -0.695. The summed E-state index contributed by atoms with van der Waals surface area (Å²) in [5, 5.41) is 2.40. The van der Waals surface area contributed by atoms with Gasteiger partial charge in [0.25, 0.3) is 6.43 Å². The second kappa shape index (κ2) is 8.41. The molecule has 1 atom stereocenters. The molecule has 0 aliphatic heterocycles. The Labute approximate surface area is 147 Å². The molecule has 0 radical (unpaired) electrons. The number of benzene rings is 1. The van der Waals surface area contributed by atoms with Crippen LogP contribution in [0.5, 0.6) is 0 Å². The maximum Gasteiger partial charge on any atom is 0.408 e. The number of carbonyl (C=O) groups is 2. The maximum atomic E-state index is 12.9. The van der Waals surface area contributed by atoms with Crippen LogP contribution in [0.15, 0.2) is 22.7 Å². The van der Waals surface area contributed by atoms with Crippen molar-refractivity contribution < 1.29 is 27.8 Å². The molecular formula is C16H20BrF2NO4. The lowest BCUT2D eigenvalue weighted by Crippen LogP contribution is -2.45. The fraction of sp³-hybridized carbons (Fsp3) is 0.500. The van der Waals surface area contributed by atoms with E-state index in [0.717, 1.165) is 0 Å². The third kappa shape index (κ3) is 6.82. The second-order valence-electron chi connectivity index (χ2n) is 6.12. The van der Waals surface area contributed by atoms with Crippen LogP contribution in [0.25, 0.3) is 0 Å². The van der Waals surface area contributed by atoms with Crippen molar-refractivity contribution in [2.45, 2.75) is 45.3 Å². The normalized spacial score (nSPS) is 12.7. The summed E-state index contributed by atoms with van der Waals surface area (Å²) in [5.41, 5.74) is -0.463. The van der Waals surface area contributed by atoms with Crippen LogP contribution in [0.3, 0.4) is 0 Å². The van der Waals surface area contributed by atoms with E-state index in [1.807, 2.05) is 0 Å². The molecule has 0 saturated heterocycles. The average Bonchev–Trinajstić information content (AvgIpc) is 2.43. The van der Waals surface area contributed by atoms with Gasteiger partial charge in [0, 0.05) is 16.5 Å². The smallest absolute Gasteiger partial charge is 0.408 e. The number of alkyl halides is 2. The minimum absolute atomic E-state index is 0.00885. The van der Waals surface area contributed by atoms with Crippen molar-refractivity contribution in [2.24, 2.45) is 0 Å². The number of ether oxygens (including phenoxy) is 2. The van der Waals surface area contributed by atoms with Gasteiger partial charge in [0.15, 0.2) is 0 Å². The average molecular weight is 408 g/mol. The lowest BCUT2D eigenvalue weighted by Gasteiger charge is -2.22. The zero-order valence-electron chi connectivity index (χ0n) is 13.9. The number of halogens is 3. The first-order valence-electron chi connectivity index (χ1n) is 7.16. The van der Waals surface area contributed by atoms with Crippen molar-refractivity contribution in [2.75, 3.05) is 7.11 Å². The van der Waals surface area contributed by atoms with E-state index in [2.05, 4.69) is 26.0 Å². The fourth-order valence-electron chi connectivity index (χ4n) is 1.94. The third-order valence-corrected chi connectivity index (χ3v) is 3.31. The van der Waals surface area contributed by atoms with Gasteiger partial charge in [0.2, 0.25) is 0 Å². The van der Waals surface area contributed by atoms with Crippen LogP contribution in [0.2, 0.25) is 0 Å². The first kappa shape index (κ1) is 20.3. The molecule has 24 heavy (non-hydrogen) atoms. The summed E-state index contributed by atoms with van der Waals surface area (Å²) in [4.78, 5) is 23.7. The van der Waals surface area contributed by atoms with Crippen molar-refractivity contribution in [3.05, 3.63) is 33.8 Å². The van der Waals surface area contributed by atoms with Crippen LogP contribution in [0, 0.1) is 0 Å². The highest BCUT2D eigenvalue weighted by Crippen LogP contribution is 2.25. The predicted molar refractivity (Wildman–Crippen MR) is 88.0 cm³/mol. The van der Waals surface area contributed by atoms with Crippen LogP contribution in [-0.2, 0) is 20.7 Å². The van der Waals surface area contributed by atoms with Gasteiger partial charge in [-0.25, -0.2) is 18.4 Å². The van der Waals surface area contributed by atoms with Crippen molar-refractivity contribution >= 4 is 28.0 Å². The highest BCUT2D eigenvalue weighted by Gasteiger charge is 2.25. The van der Waals surface area contributed by atoms with Gasteiger partial charge in [-0.15, -0.1) is 0 Å². The number of amides is 1. The van der Waals surface area contributed by atoms with Crippen molar-refractivity contribution in [3.8, 4) is 0 Å². The molecule has 1 aromatic rings. The summed E-state index contributed by atoms with van der Waals surface area (Å²) in [7, 11) is 1.18. The number of alkyl carbamates (subject to hydrolysis) is 1. The number of methoxy groups -OCH3 is 1. The van der Waals surface area contributed by atoms with Crippen LogP contribution in [0.4, 0.5) is 13.6 Å². The second-order valence-corrected chi connectivity index (χ2v) is 7.04. The highest BCUT2D eigenvalue weighted by molar-refractivity contribution is 9.10. The summed E-state index contributed by atoms with van der Waals surface area (Å²) in [6, 6.07) is 3.12. The Bertz CT molecular complexity index is 602. The molecule has 5 nitrogen and oxygen atoms in total. The van der Waals surface area contributed by atoms with Crippen LogP contribution >= 0.6 is 15.9 Å². The van der Waals surface area contributed by atoms with Crippen molar-refractivity contribution in [3.63, 3.8) is 0 Å². The van der Waals surface area contributed by atoms with E-state index in [1.165, 1.54) is 19.2 Å². The van der Waals surface area contributed by atoms with Gasteiger partial charge in [-0.2, -0.15) is 0 Å². The molecule has 8 heteroatoms. The Balaban J connectivity index is 2.95. The molecule has 1 amide bonds. The zero-order chi connectivity index (χ0) is 18.5. The maximum absolute atomic E-state index is 12.9. The number of hydrogen-bond donors (Lipinski definition) is 1. The van der Waals surface area contributed by atoms with Gasteiger partial charge in [-0.1, -0.05) is 15.9 Å². The van der Waals surface area contributed by atoms with Crippen LogP contribution < -0.4 is 5.32 Å². The van der Waals surface area contributed by atoms with Gasteiger partial charge in [-0.05, 0) is 44.5 Å². The first-order valence-corrected chi connectivity index (χ1v) is 7.96. The molecule has 1 aromatic carbocycles. The molecular weight excluding hydrogens is 388 g/mol. The van der Waals surface area contributed by atoms with Crippen LogP contribution in [-0.4, -0.2) is 30.8 Å². The Morgan fingerprint density at radius 2 is 1.88 bits per heavy atom. The molecule has 0 aromatic heterocycles. The Morgan fingerprint density at radius 3 is 2.38 bits per heavy atom. The predicted octanol–water partition coefficient (Wildman–Crippen LogP) is 4.00. The third-order valence-electron chi connectivity index (χ3n) is 2.85. The van der Waals surface area contributed by atoms with Gasteiger partial charge >= 0.3 is 12.1 Å². The van der Waals surface area contributed by atoms with E-state index in [1.54, 1.807) is 26.8 Å². The van der Waals surface area contributed by atoms with Gasteiger partial charge in [0.05, 0.1) is 7.11 Å². The number of carbonyl (C=O) groups excluding carboxylic acids is 2. The van der Waals surface area contributed by atoms with Gasteiger partial charge < -0.3 is 14.8 Å². The number of rotatable bonds is 5. The highest BCUT2D eigenvalue weighted by atomic mass is 79.9. The van der Waals surface area contributed by atoms with E-state index < -0.39 is 30.1 Å². The molecule has 134 valence electrons. The number of esters is 1. The first-order chi connectivity index (χ1) is 11.0. The SMILES string of the molecule is COC(=O)[C@H](Cc1cc(Br)cc(C(F)F)c1)NC(=O)OC(C)(C)C. The summed E-state index contributed by atoms with van der Waals surface area (Å²) in [6.07, 6.45) is -3.44. The minimum atomic E-state index is -2.64. The van der Waals surface area contributed by atoms with E-state index in [0.29, 0.717) is 10.0 Å². The molecule has 1 rings (SSSR count). The van der Waals surface area contributed by atoms with E-state index in [9.17, 15) is 18.4 Å². The van der Waals surface area contributed by atoms with Gasteiger partial charge in [0.1, 0.15) is 11.6 Å². The van der Waals surface area contributed by atoms with Crippen molar-refractivity contribution in [1.29, 1.82) is 0 Å². The summed E-state index contributed by atoms with van der Waals surface area (Å²) < 4.78 is 36.0. The number of hydrogen-bond acceptors (Lipinski definition) is 4. The molecule has 0 unspecified atom stereocenters. The molecule has 0 aliphatic carbocycles. The fourth-order valence-corrected chi connectivity index (χ4v) is 2.50. The Kier molecular flexibility index (Phi) is 7.13. The summed E-state index contributed by atoms with van der Waals surface area (Å²) >= 11 is 3.15. The van der Waals surface area contributed by atoms with E-state index in [4.69, 9.17) is 4.74 Å².